The SMILES string of the molecule is Clc1cncc2ccc(N3CCC(OI)C3)cc12. The molecule has 1 aliphatic heterocycles. The van der Waals surface area contributed by atoms with Crippen LogP contribution in [0, 0.1) is 0 Å². The van der Waals surface area contributed by atoms with Gasteiger partial charge in [0.05, 0.1) is 11.1 Å². The third kappa shape index (κ3) is 2.29. The third-order valence-electron chi connectivity index (χ3n) is 3.33. The standard InChI is InChI=1S/C13H12ClIN2O/c14-13-7-16-6-9-1-2-10(5-12(9)13)17-4-3-11(8-17)18-15/h1-2,5-7,11H,3-4,8H2. The first-order valence-electron chi connectivity index (χ1n) is 5.83. The van der Waals surface area contributed by atoms with Gasteiger partial charge in [-0.1, -0.05) is 17.7 Å². The average molecular weight is 375 g/mol. The van der Waals surface area contributed by atoms with Crippen LogP contribution in [0.4, 0.5) is 5.69 Å². The maximum Gasteiger partial charge on any atom is 0.110 e. The van der Waals surface area contributed by atoms with Crippen LogP contribution in [0.15, 0.2) is 30.6 Å². The van der Waals surface area contributed by atoms with Crippen molar-refractivity contribution in [2.24, 2.45) is 0 Å². The fourth-order valence-corrected chi connectivity index (χ4v) is 2.98. The van der Waals surface area contributed by atoms with Gasteiger partial charge in [0.1, 0.15) is 23.0 Å². The Morgan fingerprint density at radius 3 is 3.06 bits per heavy atom. The van der Waals surface area contributed by atoms with Crippen LogP contribution < -0.4 is 4.90 Å². The van der Waals surface area contributed by atoms with Gasteiger partial charge < -0.3 is 7.97 Å². The second-order valence-electron chi connectivity index (χ2n) is 4.47. The van der Waals surface area contributed by atoms with Gasteiger partial charge in [0.25, 0.3) is 0 Å². The molecule has 0 radical (unpaired) electrons. The molecule has 18 heavy (non-hydrogen) atoms. The first-order chi connectivity index (χ1) is 8.78. The summed E-state index contributed by atoms with van der Waals surface area (Å²) in [6.45, 7) is 1.97. The van der Waals surface area contributed by atoms with E-state index in [4.69, 9.17) is 14.7 Å². The molecule has 0 N–H and O–H groups in total. The zero-order valence-corrected chi connectivity index (χ0v) is 12.6. The van der Waals surface area contributed by atoms with E-state index in [1.807, 2.05) is 29.2 Å². The maximum absolute atomic E-state index is 6.18. The van der Waals surface area contributed by atoms with Crippen LogP contribution in [0.1, 0.15) is 6.42 Å². The van der Waals surface area contributed by atoms with Crippen molar-refractivity contribution in [3.05, 3.63) is 35.6 Å². The molecule has 0 amide bonds. The second-order valence-corrected chi connectivity index (χ2v) is 5.39. The molecule has 5 heteroatoms. The highest BCUT2D eigenvalue weighted by molar-refractivity contribution is 14.1. The summed E-state index contributed by atoms with van der Waals surface area (Å²) >= 11 is 8.17. The first kappa shape index (κ1) is 12.4. The normalized spacial score (nSPS) is 19.7. The first-order valence-corrected chi connectivity index (χ1v) is 7.09. The van der Waals surface area contributed by atoms with Crippen molar-refractivity contribution >= 4 is 51.1 Å². The molecule has 1 unspecified atom stereocenters. The number of halogens is 2. The predicted octanol–water partition coefficient (Wildman–Crippen LogP) is 3.83. The van der Waals surface area contributed by atoms with Crippen LogP contribution in [-0.2, 0) is 3.07 Å². The van der Waals surface area contributed by atoms with Crippen molar-refractivity contribution in [1.82, 2.24) is 4.98 Å². The minimum atomic E-state index is 0.328. The van der Waals surface area contributed by atoms with E-state index < -0.39 is 0 Å². The molecule has 1 aromatic carbocycles. The van der Waals surface area contributed by atoms with E-state index in [1.54, 1.807) is 6.20 Å². The van der Waals surface area contributed by atoms with Crippen molar-refractivity contribution in [3.63, 3.8) is 0 Å². The molecule has 2 aromatic rings. The molecule has 1 saturated heterocycles. The second kappa shape index (κ2) is 5.19. The van der Waals surface area contributed by atoms with E-state index in [-0.39, 0.29) is 0 Å². The summed E-state index contributed by atoms with van der Waals surface area (Å²) < 4.78 is 5.37. The Kier molecular flexibility index (Phi) is 3.59. The van der Waals surface area contributed by atoms with Crippen LogP contribution >= 0.6 is 34.6 Å². The average Bonchev–Trinajstić information content (AvgIpc) is 2.88. The lowest BCUT2D eigenvalue weighted by Gasteiger charge is -2.18. The zero-order chi connectivity index (χ0) is 12.5. The smallest absolute Gasteiger partial charge is 0.110 e. The van der Waals surface area contributed by atoms with E-state index in [0.717, 1.165) is 30.3 Å². The number of hydrogen-bond acceptors (Lipinski definition) is 3. The molecule has 94 valence electrons. The van der Waals surface area contributed by atoms with Gasteiger partial charge in [0.15, 0.2) is 0 Å². The number of anilines is 1. The minimum Gasteiger partial charge on any atom is -0.369 e. The third-order valence-corrected chi connectivity index (χ3v) is 4.35. The van der Waals surface area contributed by atoms with E-state index in [0.29, 0.717) is 11.1 Å². The monoisotopic (exact) mass is 374 g/mol. The predicted molar refractivity (Wildman–Crippen MR) is 82.5 cm³/mol. The molecule has 0 bridgehead atoms. The minimum absolute atomic E-state index is 0.328. The zero-order valence-electron chi connectivity index (χ0n) is 9.64. The summed E-state index contributed by atoms with van der Waals surface area (Å²) in [4.78, 5) is 6.43. The van der Waals surface area contributed by atoms with Gasteiger partial charge in [-0.3, -0.25) is 4.98 Å². The number of nitrogens with zero attached hydrogens (tertiary/aromatic N) is 2. The fraction of sp³-hybridized carbons (Fsp3) is 0.308. The molecule has 3 nitrogen and oxygen atoms in total. The highest BCUT2D eigenvalue weighted by Gasteiger charge is 2.23. The maximum atomic E-state index is 6.18. The van der Waals surface area contributed by atoms with Crippen LogP contribution in [0.2, 0.25) is 5.02 Å². The topological polar surface area (TPSA) is 25.4 Å². The summed E-state index contributed by atoms with van der Waals surface area (Å²) in [6.07, 6.45) is 4.93. The van der Waals surface area contributed by atoms with Crippen LogP contribution in [-0.4, -0.2) is 24.2 Å². The number of benzene rings is 1. The van der Waals surface area contributed by atoms with E-state index in [2.05, 4.69) is 28.1 Å². The quantitative estimate of drug-likeness (QED) is 0.747. The van der Waals surface area contributed by atoms with Gasteiger partial charge >= 0.3 is 0 Å². The summed E-state index contributed by atoms with van der Waals surface area (Å²) in [7, 11) is 0. The molecule has 1 aliphatic rings. The molecule has 0 spiro atoms. The Bertz CT molecular complexity index is 578. The van der Waals surface area contributed by atoms with E-state index >= 15 is 0 Å². The van der Waals surface area contributed by atoms with Gasteiger partial charge in [0, 0.05) is 41.9 Å². The molecule has 0 aliphatic carbocycles. The fourth-order valence-electron chi connectivity index (χ4n) is 2.35. The highest BCUT2D eigenvalue weighted by atomic mass is 127. The number of fused-ring (bicyclic) bond motifs is 1. The van der Waals surface area contributed by atoms with Gasteiger partial charge in [-0.15, -0.1) is 0 Å². The molecular weight excluding hydrogens is 363 g/mol. The van der Waals surface area contributed by atoms with Crippen molar-refractivity contribution in [2.75, 3.05) is 18.0 Å². The van der Waals surface area contributed by atoms with Crippen LogP contribution in [0.25, 0.3) is 10.8 Å². The van der Waals surface area contributed by atoms with E-state index in [9.17, 15) is 0 Å². The van der Waals surface area contributed by atoms with Gasteiger partial charge in [-0.2, -0.15) is 0 Å². The lowest BCUT2D eigenvalue weighted by atomic mass is 10.1. The lowest BCUT2D eigenvalue weighted by Crippen LogP contribution is -2.21. The lowest BCUT2D eigenvalue weighted by molar-refractivity contribution is 0.311. The molecule has 2 heterocycles. The summed E-state index contributed by atoms with van der Waals surface area (Å²) in [5, 5.41) is 2.84. The molecular formula is C13H12ClIN2O. The largest absolute Gasteiger partial charge is 0.369 e. The molecule has 3 rings (SSSR count). The number of hydrogen-bond donors (Lipinski definition) is 0. The van der Waals surface area contributed by atoms with Crippen LogP contribution in [0.3, 0.4) is 0 Å². The van der Waals surface area contributed by atoms with E-state index in [1.165, 1.54) is 5.69 Å². The summed E-state index contributed by atoms with van der Waals surface area (Å²) in [6, 6.07) is 6.33. The Balaban J connectivity index is 1.96. The molecule has 0 saturated carbocycles. The van der Waals surface area contributed by atoms with Gasteiger partial charge in [0.2, 0.25) is 0 Å². The summed E-state index contributed by atoms with van der Waals surface area (Å²) in [5.41, 5.74) is 1.20. The number of aromatic nitrogens is 1. The number of pyridine rings is 1. The van der Waals surface area contributed by atoms with Crippen molar-refractivity contribution < 1.29 is 3.07 Å². The molecule has 1 aromatic heterocycles. The Morgan fingerprint density at radius 1 is 1.39 bits per heavy atom. The Morgan fingerprint density at radius 2 is 2.28 bits per heavy atom. The van der Waals surface area contributed by atoms with Gasteiger partial charge in [-0.05, 0) is 18.6 Å². The van der Waals surface area contributed by atoms with Crippen molar-refractivity contribution in [1.29, 1.82) is 0 Å². The van der Waals surface area contributed by atoms with Crippen LogP contribution in [0.5, 0.6) is 0 Å². The molecule has 1 fully saturated rings. The molecule has 1 atom stereocenters. The van der Waals surface area contributed by atoms with Crippen molar-refractivity contribution in [2.45, 2.75) is 12.5 Å². The highest BCUT2D eigenvalue weighted by Crippen LogP contribution is 2.29. The number of rotatable bonds is 2. The summed E-state index contributed by atoms with van der Waals surface area (Å²) in [5.74, 6) is 0. The Labute approximate surface area is 125 Å². The van der Waals surface area contributed by atoms with Gasteiger partial charge in [-0.25, -0.2) is 0 Å². The Hall–Kier alpha value is -0.590. The van der Waals surface area contributed by atoms with Crippen molar-refractivity contribution in [3.8, 4) is 0 Å².